The largest absolute Gasteiger partial charge is 0.457 e. The van der Waals surface area contributed by atoms with Crippen LogP contribution in [0.5, 0.6) is 0 Å². The molecule has 0 N–H and O–H groups in total. The van der Waals surface area contributed by atoms with E-state index in [1.165, 1.54) is 0 Å². The molecule has 0 fully saturated rings. The summed E-state index contributed by atoms with van der Waals surface area (Å²) in [7, 11) is 0. The molecule has 9 rings (SSSR count). The average molecular weight is 891 g/mol. The Morgan fingerprint density at radius 1 is 0.343 bits per heavy atom. The Morgan fingerprint density at radius 2 is 0.642 bits per heavy atom. The first-order chi connectivity index (χ1) is 33.0. The van der Waals surface area contributed by atoms with Gasteiger partial charge in [0.15, 0.2) is 0 Å². The molecule has 6 heteroatoms. The summed E-state index contributed by atoms with van der Waals surface area (Å²) in [6.45, 7) is 15.9. The Hall–Kier alpha value is -7.12. The summed E-state index contributed by atoms with van der Waals surface area (Å²) in [5, 5.41) is 8.27. The Morgan fingerprint density at radius 3 is 0.970 bits per heavy atom. The summed E-state index contributed by atoms with van der Waals surface area (Å²) in [6, 6.07) is 58.0. The number of aryl methyl sites for hydroxylation is 1. The van der Waals surface area contributed by atoms with Crippen molar-refractivity contribution in [3.8, 4) is 0 Å². The number of fused-ring (bicyclic) bond motifs is 4. The van der Waals surface area contributed by atoms with Crippen molar-refractivity contribution in [3.05, 3.63) is 226 Å². The van der Waals surface area contributed by atoms with Crippen molar-refractivity contribution in [2.24, 2.45) is 0 Å². The fourth-order valence-electron chi connectivity index (χ4n) is 8.39. The van der Waals surface area contributed by atoms with Crippen LogP contribution in [-0.4, -0.2) is 11.9 Å². The van der Waals surface area contributed by atoms with E-state index in [1.54, 1.807) is 18.2 Å². The molecule has 0 aliphatic heterocycles. The van der Waals surface area contributed by atoms with Gasteiger partial charge in [-0.05, 0) is 96.0 Å². The van der Waals surface area contributed by atoms with Gasteiger partial charge in [0.25, 0.3) is 0 Å². The second-order valence-corrected chi connectivity index (χ2v) is 15.2. The fourth-order valence-corrected chi connectivity index (χ4v) is 8.39. The van der Waals surface area contributed by atoms with Crippen LogP contribution in [0.2, 0.25) is 0 Å². The number of hydrogen-bond donors (Lipinski definition) is 0. The van der Waals surface area contributed by atoms with Crippen molar-refractivity contribution in [2.45, 2.75) is 88.1 Å². The summed E-state index contributed by atoms with van der Waals surface area (Å²) in [5.41, 5.74) is 7.64. The van der Waals surface area contributed by atoms with Crippen LogP contribution >= 0.6 is 0 Å². The van der Waals surface area contributed by atoms with Crippen molar-refractivity contribution >= 4 is 55.0 Å². The highest BCUT2D eigenvalue weighted by Crippen LogP contribution is 2.36. The van der Waals surface area contributed by atoms with Gasteiger partial charge in [0.1, 0.15) is 13.2 Å². The molecule has 0 bridgehead atoms. The van der Waals surface area contributed by atoms with Crippen LogP contribution in [0.1, 0.15) is 101 Å². The molecule has 342 valence electrons. The molecule has 0 unspecified atom stereocenters. The molecule has 0 amide bonds. The van der Waals surface area contributed by atoms with E-state index in [0.717, 1.165) is 76.5 Å². The fraction of sp³-hybridized carbons (Fsp3) is 0.213. The second-order valence-electron chi connectivity index (χ2n) is 15.2. The molecule has 9 aromatic rings. The first kappa shape index (κ1) is 49.3. The monoisotopic (exact) mass is 890 g/mol. The third-order valence-corrected chi connectivity index (χ3v) is 11.4. The number of hydrogen-bond acceptors (Lipinski definition) is 6. The lowest BCUT2D eigenvalue weighted by atomic mass is 9.92. The number of esters is 2. The van der Waals surface area contributed by atoms with Crippen molar-refractivity contribution < 1.29 is 28.5 Å². The van der Waals surface area contributed by atoms with Gasteiger partial charge in [-0.25, -0.2) is 9.59 Å². The molecule has 0 heterocycles. The van der Waals surface area contributed by atoms with Gasteiger partial charge in [0, 0.05) is 11.1 Å². The van der Waals surface area contributed by atoms with Gasteiger partial charge in [-0.1, -0.05) is 199 Å². The van der Waals surface area contributed by atoms with Crippen LogP contribution in [0.3, 0.4) is 0 Å². The van der Waals surface area contributed by atoms with Gasteiger partial charge in [-0.3, -0.25) is 0 Å². The van der Waals surface area contributed by atoms with Gasteiger partial charge in [-0.15, -0.1) is 0 Å². The van der Waals surface area contributed by atoms with Gasteiger partial charge >= 0.3 is 11.9 Å². The summed E-state index contributed by atoms with van der Waals surface area (Å²) >= 11 is 0. The summed E-state index contributed by atoms with van der Waals surface area (Å²) in [5.74, 6) is -0.941. The topological polar surface area (TPSA) is 71.1 Å². The molecule has 67 heavy (non-hydrogen) atoms. The van der Waals surface area contributed by atoms with Crippen LogP contribution in [0, 0.1) is 6.92 Å². The number of benzene rings is 9. The maximum atomic E-state index is 13.7. The van der Waals surface area contributed by atoms with Gasteiger partial charge in [0.2, 0.25) is 0 Å². The molecule has 0 atom stereocenters. The summed E-state index contributed by atoms with van der Waals surface area (Å²) < 4.78 is 24.5. The Kier molecular flexibility index (Phi) is 18.4. The van der Waals surface area contributed by atoms with Crippen LogP contribution in [0.25, 0.3) is 43.1 Å². The number of ether oxygens (including phenoxy) is 4. The van der Waals surface area contributed by atoms with E-state index < -0.39 is 11.9 Å². The Labute approximate surface area is 396 Å². The maximum Gasteiger partial charge on any atom is 0.338 e. The number of rotatable bonds is 14. The Balaban J connectivity index is 0.00000119. The highest BCUT2D eigenvalue weighted by Gasteiger charge is 2.20. The SMILES string of the molecule is CC.CC.CC.Cc1cc(C(=O)OCc2c3ccccc3c(COCc3ccccc3)c3ccccc23)ccc1C(=O)OCc1c2ccccc2c(COCc2ccccc2)c2ccccc12. The third kappa shape index (κ3) is 11.6. The average Bonchev–Trinajstić information content (AvgIpc) is 3.40. The first-order valence-corrected chi connectivity index (χ1v) is 23.5. The molecule has 0 saturated carbocycles. The van der Waals surface area contributed by atoms with Crippen LogP contribution in [0.15, 0.2) is 176 Å². The van der Waals surface area contributed by atoms with Crippen molar-refractivity contribution in [1.29, 1.82) is 0 Å². The summed E-state index contributed by atoms with van der Waals surface area (Å²) in [4.78, 5) is 27.3. The quantitative estimate of drug-likeness (QED) is 0.0800. The lowest BCUT2D eigenvalue weighted by Gasteiger charge is -2.18. The highest BCUT2D eigenvalue weighted by molar-refractivity contribution is 6.07. The van der Waals surface area contributed by atoms with Crippen molar-refractivity contribution in [2.75, 3.05) is 0 Å². The molecule has 0 spiro atoms. The zero-order valence-electron chi connectivity index (χ0n) is 39.9. The molecular weight excluding hydrogens is 829 g/mol. The van der Waals surface area contributed by atoms with Gasteiger partial charge < -0.3 is 18.9 Å². The molecule has 0 saturated heterocycles. The van der Waals surface area contributed by atoms with E-state index in [-0.39, 0.29) is 13.2 Å². The zero-order chi connectivity index (χ0) is 47.5. The van der Waals surface area contributed by atoms with E-state index in [0.29, 0.717) is 43.1 Å². The molecule has 0 aliphatic carbocycles. The number of carbonyl (C=O) groups excluding carboxylic acids is 2. The number of carbonyl (C=O) groups is 2. The van der Waals surface area contributed by atoms with Gasteiger partial charge in [0.05, 0.1) is 37.6 Å². The third-order valence-electron chi connectivity index (χ3n) is 11.4. The lowest BCUT2D eigenvalue weighted by molar-refractivity contribution is 0.0461. The normalized spacial score (nSPS) is 10.6. The first-order valence-electron chi connectivity index (χ1n) is 23.5. The van der Waals surface area contributed by atoms with E-state index >= 15 is 0 Å². The van der Waals surface area contributed by atoms with E-state index in [4.69, 9.17) is 18.9 Å². The summed E-state index contributed by atoms with van der Waals surface area (Å²) in [6.07, 6.45) is 0. The van der Waals surface area contributed by atoms with E-state index in [1.807, 2.05) is 133 Å². The van der Waals surface area contributed by atoms with Crippen LogP contribution in [0.4, 0.5) is 0 Å². The molecule has 0 aromatic heterocycles. The van der Waals surface area contributed by atoms with E-state index in [2.05, 4.69) is 72.8 Å². The molecule has 9 aromatic carbocycles. The minimum atomic E-state index is -0.475. The van der Waals surface area contributed by atoms with Crippen LogP contribution < -0.4 is 0 Å². The zero-order valence-corrected chi connectivity index (χ0v) is 39.9. The predicted molar refractivity (Wildman–Crippen MR) is 276 cm³/mol. The Bertz CT molecular complexity index is 2920. The molecular formula is C61H62O6. The van der Waals surface area contributed by atoms with Gasteiger partial charge in [-0.2, -0.15) is 0 Å². The smallest absolute Gasteiger partial charge is 0.338 e. The van der Waals surface area contributed by atoms with Crippen molar-refractivity contribution in [1.82, 2.24) is 0 Å². The molecule has 0 radical (unpaired) electrons. The predicted octanol–water partition coefficient (Wildman–Crippen LogP) is 15.8. The standard InChI is InChI=1S/C55H44O6.3C2H6/c1-37-30-40(54(56)60-35-52-46-24-12-8-20-42(46)50(43-21-9-13-25-47(43)52)33-58-31-38-16-4-2-5-17-38)28-29-41(37)55(57)61-36-53-48-26-14-10-22-44(48)51(45-23-11-15-27-49(45)53)34-59-32-39-18-6-3-7-19-39;3*1-2/h2-30H,31-36H2,1H3;3*1-2H3. The lowest BCUT2D eigenvalue weighted by Crippen LogP contribution is -2.11. The maximum absolute atomic E-state index is 13.7. The molecule has 6 nitrogen and oxygen atoms in total. The van der Waals surface area contributed by atoms with Crippen molar-refractivity contribution in [3.63, 3.8) is 0 Å². The minimum Gasteiger partial charge on any atom is -0.457 e. The second kappa shape index (κ2) is 25.0. The van der Waals surface area contributed by atoms with E-state index in [9.17, 15) is 9.59 Å². The minimum absolute atomic E-state index is 0.0771. The highest BCUT2D eigenvalue weighted by atomic mass is 16.5. The van der Waals surface area contributed by atoms with Crippen LogP contribution in [-0.2, 0) is 58.6 Å². The molecule has 0 aliphatic rings.